The van der Waals surface area contributed by atoms with E-state index in [4.69, 9.17) is 5.73 Å². The molecular formula is C18H25IN6O. The van der Waals surface area contributed by atoms with Gasteiger partial charge in [-0.15, -0.1) is 24.0 Å². The van der Waals surface area contributed by atoms with Crippen LogP contribution in [0.25, 0.3) is 0 Å². The Bertz CT molecular complexity index is 787. The van der Waals surface area contributed by atoms with Crippen LogP contribution < -0.4 is 11.1 Å². The molecule has 140 valence electrons. The Morgan fingerprint density at radius 1 is 1.46 bits per heavy atom. The van der Waals surface area contributed by atoms with Gasteiger partial charge in [0.15, 0.2) is 5.96 Å². The van der Waals surface area contributed by atoms with Gasteiger partial charge in [0.1, 0.15) is 0 Å². The number of carbonyl (C=O) groups excluding carboxylic acids is 1. The van der Waals surface area contributed by atoms with Gasteiger partial charge in [-0.1, -0.05) is 12.1 Å². The maximum absolute atomic E-state index is 11.3. The Balaban J connectivity index is 0.00000243. The average molecular weight is 468 g/mol. The number of carbonyl (C=O) groups is 1. The van der Waals surface area contributed by atoms with E-state index in [1.807, 2.05) is 36.1 Å². The van der Waals surface area contributed by atoms with E-state index in [9.17, 15) is 4.79 Å². The molecule has 3 N–H and O–H groups in total. The van der Waals surface area contributed by atoms with Gasteiger partial charge in [0, 0.05) is 51.4 Å². The first kappa shape index (κ1) is 20.2. The lowest BCUT2D eigenvalue weighted by Crippen LogP contribution is -2.39. The van der Waals surface area contributed by atoms with Crippen LogP contribution in [0.2, 0.25) is 0 Å². The molecule has 1 amide bonds. The first-order chi connectivity index (χ1) is 12.1. The first-order valence-corrected chi connectivity index (χ1v) is 8.39. The number of aliphatic imine (C=N–C) groups is 1. The van der Waals surface area contributed by atoms with Crippen LogP contribution in [0.1, 0.15) is 33.8 Å². The van der Waals surface area contributed by atoms with Crippen LogP contribution in [-0.4, -0.2) is 46.7 Å². The second-order valence-electron chi connectivity index (χ2n) is 6.34. The number of likely N-dealkylation sites (tertiary alicyclic amines) is 1. The fourth-order valence-electron chi connectivity index (χ4n) is 3.22. The van der Waals surface area contributed by atoms with Crippen LogP contribution in [0, 0.1) is 0 Å². The van der Waals surface area contributed by atoms with Crippen molar-refractivity contribution in [2.24, 2.45) is 17.8 Å². The number of nitrogens with zero attached hydrogens (tertiary/aromatic N) is 4. The molecule has 0 spiro atoms. The van der Waals surface area contributed by atoms with Gasteiger partial charge >= 0.3 is 0 Å². The summed E-state index contributed by atoms with van der Waals surface area (Å²) < 4.78 is 1.84. The number of benzene rings is 1. The van der Waals surface area contributed by atoms with Crippen LogP contribution in [0.5, 0.6) is 0 Å². The van der Waals surface area contributed by atoms with Crippen molar-refractivity contribution in [1.29, 1.82) is 0 Å². The Morgan fingerprint density at radius 2 is 2.27 bits per heavy atom. The van der Waals surface area contributed by atoms with E-state index in [0.717, 1.165) is 31.0 Å². The van der Waals surface area contributed by atoms with Crippen molar-refractivity contribution in [2.45, 2.75) is 18.9 Å². The molecule has 8 heteroatoms. The first-order valence-electron chi connectivity index (χ1n) is 8.39. The molecule has 1 aromatic carbocycles. The van der Waals surface area contributed by atoms with Crippen LogP contribution in [0.3, 0.4) is 0 Å². The summed E-state index contributed by atoms with van der Waals surface area (Å²) in [6.45, 7) is 2.48. The van der Waals surface area contributed by atoms with E-state index >= 15 is 0 Å². The third-order valence-corrected chi connectivity index (χ3v) is 4.56. The smallest absolute Gasteiger partial charge is 0.248 e. The summed E-state index contributed by atoms with van der Waals surface area (Å²) >= 11 is 0. The largest absolute Gasteiger partial charge is 0.366 e. The van der Waals surface area contributed by atoms with E-state index in [2.05, 4.69) is 26.5 Å². The average Bonchev–Trinajstić information content (AvgIpc) is 3.25. The number of aromatic nitrogens is 2. The van der Waals surface area contributed by atoms with Gasteiger partial charge < -0.3 is 16.0 Å². The number of guanidine groups is 1. The Labute approximate surface area is 170 Å². The predicted molar refractivity (Wildman–Crippen MR) is 113 cm³/mol. The van der Waals surface area contributed by atoms with Gasteiger partial charge in [-0.2, -0.15) is 5.10 Å². The lowest BCUT2D eigenvalue weighted by Gasteiger charge is -2.21. The highest BCUT2D eigenvalue weighted by Gasteiger charge is 2.26. The SMILES string of the molecule is CN=C(NCc1cccc(C(N)=O)c1)N1CCC(c2cnn(C)c2)C1.I. The normalized spacial score (nSPS) is 17.1. The molecule has 7 nitrogen and oxygen atoms in total. The van der Waals surface area contributed by atoms with Gasteiger partial charge in [0.2, 0.25) is 5.91 Å². The summed E-state index contributed by atoms with van der Waals surface area (Å²) in [6, 6.07) is 7.34. The van der Waals surface area contributed by atoms with E-state index in [1.165, 1.54) is 5.56 Å². The summed E-state index contributed by atoms with van der Waals surface area (Å²) in [7, 11) is 3.73. The topological polar surface area (TPSA) is 88.5 Å². The van der Waals surface area contributed by atoms with Crippen molar-refractivity contribution < 1.29 is 4.79 Å². The molecule has 2 aromatic rings. The van der Waals surface area contributed by atoms with Gasteiger partial charge in [-0.05, 0) is 29.7 Å². The Kier molecular flexibility index (Phi) is 7.01. The molecule has 1 aliphatic rings. The standard InChI is InChI=1S/C18H24N6O.HI/c1-20-18(21-9-13-4-3-5-14(8-13)17(19)25)24-7-6-15(12-24)16-10-22-23(2)11-16;/h3-5,8,10-11,15H,6-7,9,12H2,1-2H3,(H2,19,25)(H,20,21);1H. The monoisotopic (exact) mass is 468 g/mol. The van der Waals surface area contributed by atoms with Crippen molar-refractivity contribution in [3.05, 3.63) is 53.3 Å². The van der Waals surface area contributed by atoms with Crippen molar-refractivity contribution >= 4 is 35.8 Å². The molecule has 1 atom stereocenters. The fourth-order valence-corrected chi connectivity index (χ4v) is 3.22. The summed E-state index contributed by atoms with van der Waals surface area (Å²) in [6.07, 6.45) is 5.11. The van der Waals surface area contributed by atoms with E-state index in [1.54, 1.807) is 13.1 Å². The molecule has 0 aliphatic carbocycles. The number of nitrogens with two attached hydrogens (primary N) is 1. The van der Waals surface area contributed by atoms with Crippen LogP contribution >= 0.6 is 24.0 Å². The Morgan fingerprint density at radius 3 is 2.92 bits per heavy atom. The van der Waals surface area contributed by atoms with Gasteiger partial charge in [0.25, 0.3) is 0 Å². The lowest BCUT2D eigenvalue weighted by molar-refractivity contribution is 0.1000. The zero-order chi connectivity index (χ0) is 17.8. The molecule has 2 heterocycles. The molecule has 26 heavy (non-hydrogen) atoms. The molecule has 1 saturated heterocycles. The predicted octanol–water partition coefficient (Wildman–Crippen LogP) is 1.70. The third kappa shape index (κ3) is 4.75. The minimum absolute atomic E-state index is 0. The molecule has 1 aromatic heterocycles. The highest BCUT2D eigenvalue weighted by molar-refractivity contribution is 14.0. The molecule has 1 fully saturated rings. The maximum Gasteiger partial charge on any atom is 0.248 e. The number of hydrogen-bond acceptors (Lipinski definition) is 3. The van der Waals surface area contributed by atoms with E-state index in [-0.39, 0.29) is 24.0 Å². The van der Waals surface area contributed by atoms with Crippen molar-refractivity contribution in [3.63, 3.8) is 0 Å². The van der Waals surface area contributed by atoms with Gasteiger partial charge in [-0.25, -0.2) is 0 Å². The fraction of sp³-hybridized carbons (Fsp3) is 0.389. The zero-order valence-corrected chi connectivity index (χ0v) is 17.4. The summed E-state index contributed by atoms with van der Waals surface area (Å²) in [4.78, 5) is 17.9. The van der Waals surface area contributed by atoms with Crippen molar-refractivity contribution in [2.75, 3.05) is 20.1 Å². The molecule has 1 aliphatic heterocycles. The number of halogens is 1. The molecule has 0 bridgehead atoms. The number of primary amides is 1. The molecule has 1 unspecified atom stereocenters. The minimum Gasteiger partial charge on any atom is -0.366 e. The zero-order valence-electron chi connectivity index (χ0n) is 15.1. The third-order valence-electron chi connectivity index (χ3n) is 4.56. The van der Waals surface area contributed by atoms with E-state index in [0.29, 0.717) is 18.0 Å². The quantitative estimate of drug-likeness (QED) is 0.406. The van der Waals surface area contributed by atoms with E-state index < -0.39 is 5.91 Å². The molecule has 0 saturated carbocycles. The number of amides is 1. The van der Waals surface area contributed by atoms with Crippen LogP contribution in [0.4, 0.5) is 0 Å². The number of nitrogens with one attached hydrogen (secondary N) is 1. The molecular weight excluding hydrogens is 443 g/mol. The highest BCUT2D eigenvalue weighted by Crippen LogP contribution is 2.26. The van der Waals surface area contributed by atoms with Gasteiger partial charge in [0.05, 0.1) is 6.20 Å². The van der Waals surface area contributed by atoms with Crippen molar-refractivity contribution in [3.8, 4) is 0 Å². The minimum atomic E-state index is -0.412. The van der Waals surface area contributed by atoms with Crippen molar-refractivity contribution in [1.82, 2.24) is 20.0 Å². The molecule has 3 rings (SSSR count). The Hall–Kier alpha value is -2.10. The second-order valence-corrected chi connectivity index (χ2v) is 6.34. The maximum atomic E-state index is 11.3. The number of aryl methyl sites for hydroxylation is 1. The van der Waals surface area contributed by atoms with Crippen LogP contribution in [0.15, 0.2) is 41.7 Å². The second kappa shape index (κ2) is 9.02. The highest BCUT2D eigenvalue weighted by atomic mass is 127. The lowest BCUT2D eigenvalue weighted by atomic mass is 10.0. The number of rotatable bonds is 4. The summed E-state index contributed by atoms with van der Waals surface area (Å²) in [5, 5.41) is 7.64. The summed E-state index contributed by atoms with van der Waals surface area (Å²) in [5.41, 5.74) is 8.13. The van der Waals surface area contributed by atoms with Gasteiger partial charge in [-0.3, -0.25) is 14.5 Å². The summed E-state index contributed by atoms with van der Waals surface area (Å²) in [5.74, 6) is 0.936. The number of hydrogen-bond donors (Lipinski definition) is 2. The van der Waals surface area contributed by atoms with Crippen LogP contribution in [-0.2, 0) is 13.6 Å². The molecule has 0 radical (unpaired) electrons.